The molecule has 0 aliphatic heterocycles. The number of aryl methyl sites for hydroxylation is 1. The highest BCUT2D eigenvalue weighted by atomic mass is 32.2. The Morgan fingerprint density at radius 1 is 1.39 bits per heavy atom. The molecule has 94 valence electrons. The van der Waals surface area contributed by atoms with Gasteiger partial charge in [0.05, 0.1) is 5.75 Å². The van der Waals surface area contributed by atoms with Gasteiger partial charge in [0.1, 0.15) is 0 Å². The molecule has 0 aliphatic carbocycles. The molecular weight excluding hydrogens is 248 g/mol. The zero-order valence-corrected chi connectivity index (χ0v) is 10.9. The number of carbonyl (C=O) groups excluding carboxylic acids is 1. The van der Waals surface area contributed by atoms with Crippen molar-refractivity contribution in [2.75, 3.05) is 5.75 Å². The van der Waals surface area contributed by atoms with Crippen LogP contribution >= 0.6 is 11.8 Å². The van der Waals surface area contributed by atoms with E-state index in [0.717, 1.165) is 10.7 Å². The van der Waals surface area contributed by atoms with Gasteiger partial charge in [-0.25, -0.2) is 4.98 Å². The van der Waals surface area contributed by atoms with E-state index in [1.165, 1.54) is 11.8 Å². The van der Waals surface area contributed by atoms with Crippen LogP contribution in [0.3, 0.4) is 0 Å². The minimum atomic E-state index is -0.000174. The smallest absolute Gasteiger partial charge is 0.230 e. The molecule has 0 fully saturated rings. The van der Waals surface area contributed by atoms with E-state index in [9.17, 15) is 4.79 Å². The minimum Gasteiger partial charge on any atom is -0.351 e. The summed E-state index contributed by atoms with van der Waals surface area (Å²) in [5.74, 6) is 0.371. The summed E-state index contributed by atoms with van der Waals surface area (Å²) in [6, 6.07) is 3.76. The van der Waals surface area contributed by atoms with E-state index in [0.29, 0.717) is 12.3 Å². The van der Waals surface area contributed by atoms with E-state index < -0.39 is 0 Å². The summed E-state index contributed by atoms with van der Waals surface area (Å²) in [6.45, 7) is 0.530. The summed E-state index contributed by atoms with van der Waals surface area (Å²) >= 11 is 1.42. The average Bonchev–Trinajstić information content (AvgIpc) is 2.81. The van der Waals surface area contributed by atoms with Crippen LogP contribution < -0.4 is 5.32 Å². The highest BCUT2D eigenvalue weighted by molar-refractivity contribution is 7.99. The van der Waals surface area contributed by atoms with Crippen LogP contribution in [0.4, 0.5) is 0 Å². The molecule has 0 spiro atoms. The van der Waals surface area contributed by atoms with Crippen LogP contribution in [0.2, 0.25) is 0 Å². The molecule has 1 N–H and O–H groups in total. The maximum absolute atomic E-state index is 11.6. The zero-order chi connectivity index (χ0) is 12.8. The Balaban J connectivity index is 1.75. The van der Waals surface area contributed by atoms with E-state index >= 15 is 0 Å². The van der Waals surface area contributed by atoms with E-state index in [2.05, 4.69) is 15.3 Å². The lowest BCUT2D eigenvalue weighted by atomic mass is 10.3. The molecular formula is C12H14N4OS. The first-order valence-electron chi connectivity index (χ1n) is 5.51. The SMILES string of the molecule is Cn1ccnc1SCC(=O)NCc1ccncc1. The highest BCUT2D eigenvalue weighted by Gasteiger charge is 2.05. The van der Waals surface area contributed by atoms with Gasteiger partial charge in [0.25, 0.3) is 0 Å². The molecule has 5 nitrogen and oxygen atoms in total. The number of hydrogen-bond donors (Lipinski definition) is 1. The summed E-state index contributed by atoms with van der Waals surface area (Å²) in [5.41, 5.74) is 1.04. The number of carbonyl (C=O) groups is 1. The largest absolute Gasteiger partial charge is 0.351 e. The van der Waals surface area contributed by atoms with Crippen molar-refractivity contribution >= 4 is 17.7 Å². The Bertz CT molecular complexity index is 512. The average molecular weight is 262 g/mol. The Morgan fingerprint density at radius 2 is 2.17 bits per heavy atom. The van der Waals surface area contributed by atoms with E-state index in [4.69, 9.17) is 0 Å². The molecule has 1 amide bonds. The molecule has 6 heteroatoms. The third kappa shape index (κ3) is 3.59. The predicted octanol–water partition coefficient (Wildman–Crippen LogP) is 1.22. The van der Waals surface area contributed by atoms with Crippen LogP contribution in [0.5, 0.6) is 0 Å². The van der Waals surface area contributed by atoms with E-state index in [-0.39, 0.29) is 5.91 Å². The van der Waals surface area contributed by atoms with Crippen molar-refractivity contribution < 1.29 is 4.79 Å². The topological polar surface area (TPSA) is 59.8 Å². The quantitative estimate of drug-likeness (QED) is 0.823. The first-order chi connectivity index (χ1) is 8.75. The molecule has 0 aromatic carbocycles. The first-order valence-corrected chi connectivity index (χ1v) is 6.50. The Morgan fingerprint density at radius 3 is 2.83 bits per heavy atom. The van der Waals surface area contributed by atoms with Crippen LogP contribution in [0, 0.1) is 0 Å². The van der Waals surface area contributed by atoms with E-state index in [1.807, 2.05) is 29.9 Å². The van der Waals surface area contributed by atoms with Crippen molar-refractivity contribution in [1.82, 2.24) is 19.9 Å². The number of rotatable bonds is 5. The fraction of sp³-hybridized carbons (Fsp3) is 0.250. The van der Waals surface area contributed by atoms with Gasteiger partial charge < -0.3 is 9.88 Å². The number of hydrogen-bond acceptors (Lipinski definition) is 4. The van der Waals surface area contributed by atoms with Gasteiger partial charge in [-0.05, 0) is 17.7 Å². The molecule has 0 aliphatic rings. The molecule has 0 unspecified atom stereocenters. The maximum Gasteiger partial charge on any atom is 0.230 e. The zero-order valence-electron chi connectivity index (χ0n) is 10.0. The number of nitrogens with one attached hydrogen (secondary N) is 1. The lowest BCUT2D eigenvalue weighted by Crippen LogP contribution is -2.24. The molecule has 0 bridgehead atoms. The monoisotopic (exact) mass is 262 g/mol. The summed E-state index contributed by atoms with van der Waals surface area (Å²) < 4.78 is 1.89. The third-order valence-corrected chi connectivity index (χ3v) is 3.41. The van der Waals surface area contributed by atoms with Gasteiger partial charge in [-0.15, -0.1) is 0 Å². The van der Waals surface area contributed by atoms with Gasteiger partial charge in [-0.2, -0.15) is 0 Å². The molecule has 18 heavy (non-hydrogen) atoms. The van der Waals surface area contributed by atoms with Crippen LogP contribution in [0.1, 0.15) is 5.56 Å². The molecule has 0 atom stereocenters. The highest BCUT2D eigenvalue weighted by Crippen LogP contribution is 2.13. The number of thioether (sulfide) groups is 1. The van der Waals surface area contributed by atoms with Crippen molar-refractivity contribution in [1.29, 1.82) is 0 Å². The van der Waals surface area contributed by atoms with Gasteiger partial charge in [0.15, 0.2) is 5.16 Å². The standard InChI is InChI=1S/C12H14N4OS/c1-16-7-6-14-12(16)18-9-11(17)15-8-10-2-4-13-5-3-10/h2-7H,8-9H2,1H3,(H,15,17). The van der Waals surface area contributed by atoms with E-state index in [1.54, 1.807) is 18.6 Å². The molecule has 2 heterocycles. The van der Waals surface area contributed by atoms with Crippen molar-refractivity contribution in [2.45, 2.75) is 11.7 Å². The molecule has 0 radical (unpaired) electrons. The third-order valence-electron chi connectivity index (χ3n) is 2.35. The van der Waals surface area contributed by atoms with Gasteiger partial charge in [-0.1, -0.05) is 11.8 Å². The fourth-order valence-corrected chi connectivity index (χ4v) is 2.14. The Kier molecular flexibility index (Phi) is 4.35. The lowest BCUT2D eigenvalue weighted by Gasteiger charge is -2.05. The maximum atomic E-state index is 11.6. The molecule has 2 aromatic rings. The van der Waals surface area contributed by atoms with Crippen LogP contribution in [0.15, 0.2) is 42.1 Å². The van der Waals surface area contributed by atoms with Crippen LogP contribution in [0.25, 0.3) is 0 Å². The summed E-state index contributed by atoms with van der Waals surface area (Å²) in [5, 5.41) is 3.70. The summed E-state index contributed by atoms with van der Waals surface area (Å²) in [6.07, 6.45) is 7.00. The summed E-state index contributed by atoms with van der Waals surface area (Å²) in [7, 11) is 1.91. The number of pyridine rings is 1. The van der Waals surface area contributed by atoms with Crippen LogP contribution in [-0.2, 0) is 18.4 Å². The molecule has 2 aromatic heterocycles. The second-order valence-electron chi connectivity index (χ2n) is 3.74. The lowest BCUT2D eigenvalue weighted by molar-refractivity contribution is -0.118. The predicted molar refractivity (Wildman–Crippen MR) is 70.0 cm³/mol. The van der Waals surface area contributed by atoms with Crippen molar-refractivity contribution in [3.63, 3.8) is 0 Å². The molecule has 0 saturated heterocycles. The fourth-order valence-electron chi connectivity index (χ4n) is 1.37. The second kappa shape index (κ2) is 6.20. The Labute approximate surface area is 110 Å². The number of nitrogens with zero attached hydrogens (tertiary/aromatic N) is 3. The molecule has 2 rings (SSSR count). The number of amides is 1. The van der Waals surface area contributed by atoms with Crippen molar-refractivity contribution in [3.05, 3.63) is 42.5 Å². The van der Waals surface area contributed by atoms with Crippen LogP contribution in [-0.4, -0.2) is 26.2 Å². The summed E-state index contributed by atoms with van der Waals surface area (Å²) in [4.78, 5) is 19.7. The molecule has 0 saturated carbocycles. The number of imidazole rings is 1. The van der Waals surface area contributed by atoms with Gasteiger partial charge in [0, 0.05) is 38.4 Å². The second-order valence-corrected chi connectivity index (χ2v) is 4.68. The number of aromatic nitrogens is 3. The van der Waals surface area contributed by atoms with Gasteiger partial charge in [-0.3, -0.25) is 9.78 Å². The van der Waals surface area contributed by atoms with Crippen molar-refractivity contribution in [3.8, 4) is 0 Å². The Hall–Kier alpha value is -1.82. The van der Waals surface area contributed by atoms with Gasteiger partial charge >= 0.3 is 0 Å². The first kappa shape index (κ1) is 12.6. The van der Waals surface area contributed by atoms with Crippen molar-refractivity contribution in [2.24, 2.45) is 7.05 Å². The minimum absolute atomic E-state index is 0.000174. The van der Waals surface area contributed by atoms with Gasteiger partial charge in [0.2, 0.25) is 5.91 Å². The normalized spacial score (nSPS) is 10.3.